The van der Waals surface area contributed by atoms with Crippen molar-refractivity contribution in [2.45, 2.75) is 12.6 Å². The lowest BCUT2D eigenvalue weighted by molar-refractivity contribution is -0.137. The van der Waals surface area contributed by atoms with Crippen molar-refractivity contribution in [3.05, 3.63) is 65.5 Å². The van der Waals surface area contributed by atoms with Crippen molar-refractivity contribution < 1.29 is 27.2 Å². The average molecular weight is 391 g/mol. The molecule has 0 radical (unpaired) electrons. The first-order valence-corrected chi connectivity index (χ1v) is 8.30. The number of nitrogens with one attached hydrogen (secondary N) is 1. The molecule has 1 aromatic heterocycles. The number of aromatic nitrogens is 2. The molecule has 9 heteroatoms. The van der Waals surface area contributed by atoms with Crippen LogP contribution in [0.4, 0.5) is 13.2 Å². The predicted octanol–water partition coefficient (Wildman–Crippen LogP) is 3.74. The number of alkyl halides is 3. The summed E-state index contributed by atoms with van der Waals surface area (Å²) in [5.41, 5.74) is 0.458. The van der Waals surface area contributed by atoms with Crippen molar-refractivity contribution >= 4 is 5.91 Å². The van der Waals surface area contributed by atoms with E-state index >= 15 is 0 Å². The van der Waals surface area contributed by atoms with Gasteiger partial charge in [0.15, 0.2) is 0 Å². The summed E-state index contributed by atoms with van der Waals surface area (Å²) in [7, 11) is 1.57. The molecule has 0 atom stereocenters. The maximum Gasteiger partial charge on any atom is 0.416 e. The largest absolute Gasteiger partial charge is 0.496 e. The van der Waals surface area contributed by atoms with Crippen LogP contribution in [-0.4, -0.2) is 29.7 Å². The molecule has 0 aliphatic carbocycles. The number of nitrogens with zero attached hydrogens (tertiary/aromatic N) is 2. The molecule has 0 aliphatic rings. The fraction of sp³-hybridized carbons (Fsp3) is 0.211. The first kappa shape index (κ1) is 19.4. The van der Waals surface area contributed by atoms with Crippen molar-refractivity contribution in [3.8, 4) is 17.1 Å². The molecule has 1 N–H and O–H groups in total. The predicted molar refractivity (Wildman–Crippen MR) is 93.8 cm³/mol. The summed E-state index contributed by atoms with van der Waals surface area (Å²) in [5.74, 6) is -0.0850. The molecule has 0 bridgehead atoms. The number of halogens is 3. The number of amides is 1. The Bertz CT molecular complexity index is 953. The van der Waals surface area contributed by atoms with E-state index in [4.69, 9.17) is 9.26 Å². The van der Waals surface area contributed by atoms with E-state index in [0.717, 1.165) is 23.4 Å². The van der Waals surface area contributed by atoms with E-state index in [9.17, 15) is 18.0 Å². The lowest BCUT2D eigenvalue weighted by atomic mass is 10.1. The van der Waals surface area contributed by atoms with Crippen molar-refractivity contribution in [1.29, 1.82) is 0 Å². The van der Waals surface area contributed by atoms with Crippen LogP contribution in [0.25, 0.3) is 11.4 Å². The van der Waals surface area contributed by atoms with Crippen LogP contribution in [0.1, 0.15) is 21.8 Å². The summed E-state index contributed by atoms with van der Waals surface area (Å²) in [5, 5.41) is 6.30. The molecule has 3 rings (SSSR count). The second kappa shape index (κ2) is 8.12. The Kier molecular flexibility index (Phi) is 5.62. The standard InChI is InChI=1S/C19H16F3N3O3/c1-27-15-5-3-2-4-12(15)10-11-23-17(26)18-24-16(25-28-18)13-6-8-14(9-7-13)19(20,21)22/h2-9H,10-11H2,1H3,(H,23,26). The molecular formula is C19H16F3N3O3. The fourth-order valence-electron chi connectivity index (χ4n) is 2.54. The number of carbonyl (C=O) groups is 1. The van der Waals surface area contributed by atoms with Gasteiger partial charge in [0.05, 0.1) is 12.7 Å². The number of ether oxygens (including phenoxy) is 1. The zero-order valence-electron chi connectivity index (χ0n) is 14.8. The highest BCUT2D eigenvalue weighted by Gasteiger charge is 2.30. The van der Waals surface area contributed by atoms with Crippen molar-refractivity contribution in [1.82, 2.24) is 15.5 Å². The monoisotopic (exact) mass is 391 g/mol. The second-order valence-electron chi connectivity index (χ2n) is 5.82. The van der Waals surface area contributed by atoms with Gasteiger partial charge < -0.3 is 14.6 Å². The molecule has 146 valence electrons. The maximum absolute atomic E-state index is 12.6. The summed E-state index contributed by atoms with van der Waals surface area (Å²) in [6.07, 6.45) is -3.89. The molecule has 3 aromatic rings. The van der Waals surface area contributed by atoms with Gasteiger partial charge in [0.1, 0.15) is 5.75 Å². The Morgan fingerprint density at radius 3 is 2.54 bits per heavy atom. The number of benzene rings is 2. The Hall–Kier alpha value is -3.36. The minimum Gasteiger partial charge on any atom is -0.496 e. The molecule has 0 fully saturated rings. The third-order valence-corrected chi connectivity index (χ3v) is 3.96. The van der Waals surface area contributed by atoms with E-state index in [1.807, 2.05) is 24.3 Å². The Morgan fingerprint density at radius 2 is 1.86 bits per heavy atom. The first-order valence-electron chi connectivity index (χ1n) is 8.30. The van der Waals surface area contributed by atoms with Crippen LogP contribution in [0.2, 0.25) is 0 Å². The van der Waals surface area contributed by atoms with E-state index in [1.165, 1.54) is 12.1 Å². The zero-order chi connectivity index (χ0) is 20.1. The summed E-state index contributed by atoms with van der Waals surface area (Å²) < 4.78 is 48.0. The quantitative estimate of drug-likeness (QED) is 0.693. The Balaban J connectivity index is 1.61. The smallest absolute Gasteiger partial charge is 0.416 e. The topological polar surface area (TPSA) is 77.2 Å². The van der Waals surface area contributed by atoms with E-state index in [2.05, 4.69) is 15.5 Å². The van der Waals surface area contributed by atoms with Gasteiger partial charge in [0.2, 0.25) is 5.82 Å². The van der Waals surface area contributed by atoms with Gasteiger partial charge in [-0.1, -0.05) is 35.5 Å². The van der Waals surface area contributed by atoms with Crippen LogP contribution in [0.3, 0.4) is 0 Å². The highest BCUT2D eigenvalue weighted by molar-refractivity contribution is 5.89. The van der Waals surface area contributed by atoms with Crippen LogP contribution in [0, 0.1) is 0 Å². The van der Waals surface area contributed by atoms with Gasteiger partial charge in [-0.3, -0.25) is 4.79 Å². The van der Waals surface area contributed by atoms with Gasteiger partial charge in [-0.2, -0.15) is 18.2 Å². The number of hydrogen-bond acceptors (Lipinski definition) is 5. The second-order valence-corrected chi connectivity index (χ2v) is 5.82. The van der Waals surface area contributed by atoms with Gasteiger partial charge in [-0.05, 0) is 30.2 Å². The van der Waals surface area contributed by atoms with E-state index < -0.39 is 17.6 Å². The molecule has 28 heavy (non-hydrogen) atoms. The van der Waals surface area contributed by atoms with Crippen molar-refractivity contribution in [2.24, 2.45) is 0 Å². The molecule has 2 aromatic carbocycles. The minimum absolute atomic E-state index is 0.0311. The van der Waals surface area contributed by atoms with Crippen molar-refractivity contribution in [3.63, 3.8) is 0 Å². The van der Waals surface area contributed by atoms with Crippen LogP contribution in [0.5, 0.6) is 5.75 Å². The van der Waals surface area contributed by atoms with Gasteiger partial charge >= 0.3 is 18.0 Å². The molecule has 6 nitrogen and oxygen atoms in total. The number of rotatable bonds is 6. The lowest BCUT2D eigenvalue weighted by Crippen LogP contribution is -2.26. The number of methoxy groups -OCH3 is 1. The molecular weight excluding hydrogens is 375 g/mol. The van der Waals surface area contributed by atoms with Crippen LogP contribution in [0.15, 0.2) is 53.1 Å². The molecule has 0 aliphatic heterocycles. The Morgan fingerprint density at radius 1 is 1.14 bits per heavy atom. The summed E-state index contributed by atoms with van der Waals surface area (Å²) in [4.78, 5) is 16.1. The van der Waals surface area contributed by atoms with Gasteiger partial charge in [-0.25, -0.2) is 0 Å². The van der Waals surface area contributed by atoms with Gasteiger partial charge in [0.25, 0.3) is 0 Å². The van der Waals surface area contributed by atoms with Crippen molar-refractivity contribution in [2.75, 3.05) is 13.7 Å². The number of para-hydroxylation sites is 1. The number of carbonyl (C=O) groups excluding carboxylic acids is 1. The summed E-state index contributed by atoms with van der Waals surface area (Å²) >= 11 is 0. The third kappa shape index (κ3) is 4.48. The SMILES string of the molecule is COc1ccccc1CCNC(=O)c1nc(-c2ccc(C(F)(F)F)cc2)no1. The number of hydrogen-bond donors (Lipinski definition) is 1. The van der Waals surface area contributed by atoms with E-state index in [-0.39, 0.29) is 11.7 Å². The van der Waals surface area contributed by atoms with Gasteiger partial charge in [0, 0.05) is 12.1 Å². The molecule has 0 spiro atoms. The molecule has 1 heterocycles. The molecule has 0 unspecified atom stereocenters. The molecule has 0 saturated carbocycles. The highest BCUT2D eigenvalue weighted by atomic mass is 19.4. The Labute approximate surface area is 158 Å². The van der Waals surface area contributed by atoms with Gasteiger partial charge in [-0.15, -0.1) is 0 Å². The summed E-state index contributed by atoms with van der Waals surface area (Å²) in [6, 6.07) is 11.7. The molecule has 1 amide bonds. The van der Waals surface area contributed by atoms with Crippen LogP contribution >= 0.6 is 0 Å². The fourth-order valence-corrected chi connectivity index (χ4v) is 2.54. The highest BCUT2D eigenvalue weighted by Crippen LogP contribution is 2.30. The van der Waals surface area contributed by atoms with E-state index in [1.54, 1.807) is 7.11 Å². The lowest BCUT2D eigenvalue weighted by Gasteiger charge is -2.08. The van der Waals surface area contributed by atoms with Crippen LogP contribution < -0.4 is 10.1 Å². The summed E-state index contributed by atoms with van der Waals surface area (Å²) in [6.45, 7) is 0.317. The minimum atomic E-state index is -4.43. The molecule has 0 saturated heterocycles. The van der Waals surface area contributed by atoms with E-state index in [0.29, 0.717) is 18.5 Å². The third-order valence-electron chi connectivity index (χ3n) is 3.96. The first-order chi connectivity index (χ1) is 13.4. The maximum atomic E-state index is 12.6. The zero-order valence-corrected chi connectivity index (χ0v) is 14.8. The normalized spacial score (nSPS) is 11.3. The van der Waals surface area contributed by atoms with Crippen LogP contribution in [-0.2, 0) is 12.6 Å². The average Bonchev–Trinajstić information content (AvgIpc) is 3.18.